The Kier molecular flexibility index (Phi) is 5.30. The van der Waals surface area contributed by atoms with Gasteiger partial charge in [-0.2, -0.15) is 10.5 Å². The summed E-state index contributed by atoms with van der Waals surface area (Å²) in [7, 11) is 0. The van der Waals surface area contributed by atoms with Crippen molar-refractivity contribution in [3.63, 3.8) is 0 Å². The van der Waals surface area contributed by atoms with Gasteiger partial charge in [-0.15, -0.1) is 0 Å². The van der Waals surface area contributed by atoms with E-state index in [-0.39, 0.29) is 0 Å². The van der Waals surface area contributed by atoms with E-state index >= 15 is 0 Å². The molecule has 0 heterocycles. The second-order valence-electron chi connectivity index (χ2n) is 5.40. The highest BCUT2D eigenvalue weighted by molar-refractivity contribution is 5.89. The SMILES string of the molecule is N#Cc1ccccc1/C=N\c1ccccc1/N=C/c1ccccc1C#N. The third-order valence-corrected chi connectivity index (χ3v) is 3.73. The fourth-order valence-electron chi connectivity index (χ4n) is 2.38. The van der Waals surface area contributed by atoms with Crippen LogP contribution in [-0.2, 0) is 0 Å². The van der Waals surface area contributed by atoms with Crippen LogP contribution in [0.5, 0.6) is 0 Å². The third kappa shape index (κ3) is 3.90. The molecule has 0 aromatic heterocycles. The minimum Gasteiger partial charge on any atom is -0.254 e. The Morgan fingerprint density at radius 1 is 0.577 bits per heavy atom. The topological polar surface area (TPSA) is 72.3 Å². The van der Waals surface area contributed by atoms with Gasteiger partial charge in [-0.25, -0.2) is 0 Å². The highest BCUT2D eigenvalue weighted by atomic mass is 14.8. The average molecular weight is 334 g/mol. The summed E-state index contributed by atoms with van der Waals surface area (Å²) in [5, 5.41) is 18.3. The van der Waals surface area contributed by atoms with Crippen LogP contribution in [0.15, 0.2) is 82.8 Å². The van der Waals surface area contributed by atoms with Gasteiger partial charge < -0.3 is 0 Å². The van der Waals surface area contributed by atoms with Crippen molar-refractivity contribution in [2.75, 3.05) is 0 Å². The highest BCUT2D eigenvalue weighted by Crippen LogP contribution is 2.27. The van der Waals surface area contributed by atoms with E-state index in [2.05, 4.69) is 22.1 Å². The summed E-state index contributed by atoms with van der Waals surface area (Å²) in [5.41, 5.74) is 4.02. The number of rotatable bonds is 4. The van der Waals surface area contributed by atoms with E-state index in [0.29, 0.717) is 22.5 Å². The van der Waals surface area contributed by atoms with Crippen LogP contribution in [0, 0.1) is 22.7 Å². The molecule has 4 nitrogen and oxygen atoms in total. The van der Waals surface area contributed by atoms with Gasteiger partial charge >= 0.3 is 0 Å². The first kappa shape index (κ1) is 16.8. The lowest BCUT2D eigenvalue weighted by molar-refractivity contribution is 1.44. The number of aliphatic imine (C=N–C) groups is 2. The molecule has 4 heteroatoms. The molecule has 0 unspecified atom stereocenters. The van der Waals surface area contributed by atoms with Crippen molar-refractivity contribution in [2.24, 2.45) is 9.98 Å². The molecule has 0 N–H and O–H groups in total. The molecule has 0 spiro atoms. The quantitative estimate of drug-likeness (QED) is 0.634. The van der Waals surface area contributed by atoms with Crippen molar-refractivity contribution >= 4 is 23.8 Å². The molecule has 0 atom stereocenters. The normalized spacial score (nSPS) is 10.7. The molecule has 0 aliphatic heterocycles. The van der Waals surface area contributed by atoms with E-state index in [0.717, 1.165) is 11.1 Å². The van der Waals surface area contributed by atoms with E-state index in [1.165, 1.54) is 0 Å². The molecular formula is C22H14N4. The Bertz CT molecular complexity index is 979. The number of benzene rings is 3. The first-order valence-corrected chi connectivity index (χ1v) is 7.97. The van der Waals surface area contributed by atoms with E-state index < -0.39 is 0 Å². The maximum atomic E-state index is 9.17. The lowest BCUT2D eigenvalue weighted by Gasteiger charge is -2.01. The molecular weight excluding hydrogens is 320 g/mol. The maximum absolute atomic E-state index is 9.17. The molecule has 3 aromatic carbocycles. The van der Waals surface area contributed by atoms with Crippen LogP contribution in [0.4, 0.5) is 11.4 Å². The largest absolute Gasteiger partial charge is 0.254 e. The van der Waals surface area contributed by atoms with Gasteiger partial charge in [0.05, 0.1) is 34.6 Å². The van der Waals surface area contributed by atoms with Crippen molar-refractivity contribution in [1.29, 1.82) is 10.5 Å². The number of nitriles is 2. The van der Waals surface area contributed by atoms with Crippen LogP contribution in [0.25, 0.3) is 0 Å². The van der Waals surface area contributed by atoms with Crippen LogP contribution in [-0.4, -0.2) is 12.4 Å². The van der Waals surface area contributed by atoms with Crippen LogP contribution < -0.4 is 0 Å². The Morgan fingerprint density at radius 3 is 1.38 bits per heavy atom. The summed E-state index contributed by atoms with van der Waals surface area (Å²) >= 11 is 0. The van der Waals surface area contributed by atoms with Crippen LogP contribution in [0.2, 0.25) is 0 Å². The Labute approximate surface area is 152 Å². The molecule has 0 saturated heterocycles. The molecule has 0 bridgehead atoms. The number of hydrogen-bond acceptors (Lipinski definition) is 4. The van der Waals surface area contributed by atoms with Gasteiger partial charge in [-0.3, -0.25) is 9.98 Å². The molecule has 0 aliphatic carbocycles. The Morgan fingerprint density at radius 2 is 0.962 bits per heavy atom. The van der Waals surface area contributed by atoms with E-state index in [9.17, 15) is 0 Å². The lowest BCUT2D eigenvalue weighted by atomic mass is 10.1. The minimum absolute atomic E-state index is 0.570. The van der Waals surface area contributed by atoms with Gasteiger partial charge in [0.25, 0.3) is 0 Å². The molecule has 3 aromatic rings. The third-order valence-electron chi connectivity index (χ3n) is 3.73. The molecule has 122 valence electrons. The van der Waals surface area contributed by atoms with Gasteiger partial charge in [0.15, 0.2) is 0 Å². The zero-order chi connectivity index (χ0) is 18.2. The van der Waals surface area contributed by atoms with Gasteiger partial charge in [-0.1, -0.05) is 48.5 Å². The number of hydrogen-bond donors (Lipinski definition) is 0. The van der Waals surface area contributed by atoms with E-state index in [1.54, 1.807) is 24.6 Å². The molecule has 0 saturated carbocycles. The predicted molar refractivity (Wildman–Crippen MR) is 103 cm³/mol. The smallest absolute Gasteiger partial charge is 0.0998 e. The summed E-state index contributed by atoms with van der Waals surface area (Å²) in [6.07, 6.45) is 3.33. The van der Waals surface area contributed by atoms with Gasteiger partial charge in [0.2, 0.25) is 0 Å². The van der Waals surface area contributed by atoms with Crippen molar-refractivity contribution in [2.45, 2.75) is 0 Å². The average Bonchev–Trinajstić information content (AvgIpc) is 2.71. The van der Waals surface area contributed by atoms with E-state index in [4.69, 9.17) is 10.5 Å². The first-order chi connectivity index (χ1) is 12.8. The van der Waals surface area contributed by atoms with Crippen molar-refractivity contribution in [3.8, 4) is 12.1 Å². The summed E-state index contributed by atoms with van der Waals surface area (Å²) in [4.78, 5) is 8.97. The summed E-state index contributed by atoms with van der Waals surface area (Å²) < 4.78 is 0. The summed E-state index contributed by atoms with van der Waals surface area (Å²) in [6, 6.07) is 26.3. The standard InChI is InChI=1S/C22H14N4/c23-13-17-7-1-3-9-19(17)15-25-21-11-5-6-12-22(21)26-16-20-10-4-2-8-18(20)14-24/h1-12,15-16H/b25-15-,26-16+. The maximum Gasteiger partial charge on any atom is 0.0998 e. The molecule has 0 amide bonds. The van der Waals surface area contributed by atoms with Crippen LogP contribution >= 0.6 is 0 Å². The molecule has 0 fully saturated rings. The van der Waals surface area contributed by atoms with Crippen LogP contribution in [0.1, 0.15) is 22.3 Å². The Hall–Kier alpha value is -4.02. The highest BCUT2D eigenvalue weighted by Gasteiger charge is 2.01. The van der Waals surface area contributed by atoms with Gasteiger partial charge in [0.1, 0.15) is 0 Å². The molecule has 26 heavy (non-hydrogen) atoms. The second-order valence-corrected chi connectivity index (χ2v) is 5.40. The lowest BCUT2D eigenvalue weighted by Crippen LogP contribution is -1.87. The minimum atomic E-state index is 0.570. The molecule has 3 rings (SSSR count). The molecule has 0 aliphatic rings. The fraction of sp³-hybridized carbons (Fsp3) is 0. The summed E-state index contributed by atoms with van der Waals surface area (Å²) in [5.74, 6) is 0. The predicted octanol–water partition coefficient (Wildman–Crippen LogP) is 4.93. The van der Waals surface area contributed by atoms with Crippen molar-refractivity contribution in [1.82, 2.24) is 0 Å². The number of para-hydroxylation sites is 2. The van der Waals surface area contributed by atoms with Gasteiger partial charge in [-0.05, 0) is 24.3 Å². The van der Waals surface area contributed by atoms with Crippen LogP contribution in [0.3, 0.4) is 0 Å². The zero-order valence-electron chi connectivity index (χ0n) is 13.9. The fourth-order valence-corrected chi connectivity index (χ4v) is 2.38. The van der Waals surface area contributed by atoms with Gasteiger partial charge in [0, 0.05) is 23.6 Å². The number of nitrogens with zero attached hydrogens (tertiary/aromatic N) is 4. The van der Waals surface area contributed by atoms with E-state index in [1.807, 2.05) is 60.7 Å². The summed E-state index contributed by atoms with van der Waals surface area (Å²) in [6.45, 7) is 0. The first-order valence-electron chi connectivity index (χ1n) is 7.97. The van der Waals surface area contributed by atoms with Crippen molar-refractivity contribution < 1.29 is 0 Å². The second kappa shape index (κ2) is 8.19. The van der Waals surface area contributed by atoms with Crippen molar-refractivity contribution in [3.05, 3.63) is 95.1 Å². The molecule has 0 radical (unpaired) electrons. The Balaban J connectivity index is 1.92. The zero-order valence-corrected chi connectivity index (χ0v) is 13.9. The monoisotopic (exact) mass is 334 g/mol.